The van der Waals surface area contributed by atoms with Crippen LogP contribution in [0.15, 0.2) is 46.6 Å². The van der Waals surface area contributed by atoms with E-state index in [-0.39, 0.29) is 48.8 Å². The molecule has 1 aliphatic carbocycles. The number of thioether (sulfide) groups is 1. The maximum Gasteiger partial charge on any atom is 0.350 e. The number of carbonyl (C=O) groups excluding carboxylic acids is 1. The van der Waals surface area contributed by atoms with Crippen molar-refractivity contribution in [2.75, 3.05) is 36.8 Å². The summed E-state index contributed by atoms with van der Waals surface area (Å²) in [5.74, 6) is 0.165. The number of hydrogen-bond donors (Lipinski definition) is 0. The first-order valence-electron chi connectivity index (χ1n) is 15.9. The molecule has 2 aromatic carbocycles. The van der Waals surface area contributed by atoms with Gasteiger partial charge < -0.3 is 14.7 Å². The minimum absolute atomic E-state index is 0. The molecule has 1 saturated carbocycles. The molecule has 0 N–H and O–H groups in total. The number of piperazine rings is 1. The van der Waals surface area contributed by atoms with Gasteiger partial charge in [-0.25, -0.2) is 13.6 Å². The summed E-state index contributed by atoms with van der Waals surface area (Å²) in [4.78, 5) is 38.6. The fraction of sp³-hybridized carbons (Fsp3) is 0.500. The Morgan fingerprint density at radius 1 is 1.11 bits per heavy atom. The van der Waals surface area contributed by atoms with Crippen LogP contribution in [0.25, 0.3) is 22.0 Å². The van der Waals surface area contributed by atoms with E-state index in [9.17, 15) is 14.0 Å². The smallest absolute Gasteiger partial charge is 0.349 e. The fourth-order valence-electron chi connectivity index (χ4n) is 7.62. The molecule has 12 heteroatoms. The van der Waals surface area contributed by atoms with Gasteiger partial charge in [-0.3, -0.25) is 9.36 Å². The third kappa shape index (κ3) is 5.97. The van der Waals surface area contributed by atoms with Gasteiger partial charge in [-0.15, -0.1) is 11.8 Å². The van der Waals surface area contributed by atoms with Gasteiger partial charge in [0.2, 0.25) is 5.91 Å². The van der Waals surface area contributed by atoms with Gasteiger partial charge in [0.25, 0.3) is 0 Å². The average molecular weight is 688 g/mol. The number of nitrogens with zero attached hydrogens (tertiary/aromatic N) is 5. The lowest BCUT2D eigenvalue weighted by Gasteiger charge is -2.45. The Kier molecular flexibility index (Phi) is 9.51. The van der Waals surface area contributed by atoms with Crippen molar-refractivity contribution in [3.8, 4) is 11.1 Å². The molecule has 7 rings (SSSR count). The zero-order valence-corrected chi connectivity index (χ0v) is 28.7. The number of carbonyl (C=O) groups is 1. The lowest BCUT2D eigenvalue weighted by atomic mass is 9.90. The van der Waals surface area contributed by atoms with Crippen molar-refractivity contribution in [3.63, 3.8) is 0 Å². The van der Waals surface area contributed by atoms with Gasteiger partial charge >= 0.3 is 5.69 Å². The number of anilines is 1. The quantitative estimate of drug-likeness (QED) is 0.271. The van der Waals surface area contributed by atoms with Crippen LogP contribution >= 0.6 is 36.9 Å². The number of halogens is 3. The molecule has 4 aliphatic rings. The van der Waals surface area contributed by atoms with Crippen LogP contribution in [0.4, 0.5) is 14.6 Å². The molecule has 7 nitrogen and oxygen atoms in total. The third-order valence-corrected chi connectivity index (χ3v) is 11.7. The van der Waals surface area contributed by atoms with E-state index in [1.54, 1.807) is 22.7 Å². The Balaban J connectivity index is 0.00000372. The molecule has 0 bridgehead atoms. The Morgan fingerprint density at radius 2 is 1.85 bits per heavy atom. The van der Waals surface area contributed by atoms with Crippen LogP contribution < -0.4 is 10.6 Å². The van der Waals surface area contributed by atoms with Crippen molar-refractivity contribution in [1.82, 2.24) is 19.4 Å². The average Bonchev–Trinajstić information content (AvgIpc) is 3.87. The fourth-order valence-corrected chi connectivity index (χ4v) is 9.33. The maximum absolute atomic E-state index is 15.3. The highest BCUT2D eigenvalue weighted by molar-refractivity contribution is 7.99. The van der Waals surface area contributed by atoms with Gasteiger partial charge in [0.1, 0.15) is 17.5 Å². The van der Waals surface area contributed by atoms with E-state index in [2.05, 4.69) is 16.4 Å². The molecule has 4 heterocycles. The predicted molar refractivity (Wildman–Crippen MR) is 187 cm³/mol. The molecule has 1 amide bonds. The van der Waals surface area contributed by atoms with Crippen LogP contribution in [-0.2, 0) is 4.79 Å². The van der Waals surface area contributed by atoms with Gasteiger partial charge in [0.05, 0.1) is 10.5 Å². The summed E-state index contributed by atoms with van der Waals surface area (Å²) in [6.07, 6.45) is 7.05. The van der Waals surface area contributed by atoms with E-state index < -0.39 is 11.6 Å². The molecular weight excluding hydrogens is 648 g/mol. The second-order valence-electron chi connectivity index (χ2n) is 13.1. The number of hydrogen-bond acceptors (Lipinski definition) is 6. The van der Waals surface area contributed by atoms with Gasteiger partial charge in [-0.2, -0.15) is 18.5 Å². The summed E-state index contributed by atoms with van der Waals surface area (Å²) in [6.45, 7) is 10.8. The molecule has 0 radical (unpaired) electrons. The van der Waals surface area contributed by atoms with Gasteiger partial charge in [0.15, 0.2) is 0 Å². The summed E-state index contributed by atoms with van der Waals surface area (Å²) >= 11 is 8.56. The van der Waals surface area contributed by atoms with Crippen LogP contribution in [0.2, 0.25) is 5.02 Å². The van der Waals surface area contributed by atoms with Crippen LogP contribution in [-0.4, -0.2) is 75.3 Å². The van der Waals surface area contributed by atoms with Crippen molar-refractivity contribution in [2.24, 2.45) is 5.92 Å². The molecule has 46 heavy (non-hydrogen) atoms. The normalized spacial score (nSPS) is 23.8. The van der Waals surface area contributed by atoms with Crippen LogP contribution in [0, 0.1) is 17.6 Å². The molecule has 1 aromatic heterocycles. The van der Waals surface area contributed by atoms with Crippen molar-refractivity contribution in [1.29, 1.82) is 0 Å². The van der Waals surface area contributed by atoms with Crippen LogP contribution in [0.3, 0.4) is 0 Å². The van der Waals surface area contributed by atoms with Gasteiger partial charge in [0, 0.05) is 70.5 Å². The molecule has 0 unspecified atom stereocenters. The van der Waals surface area contributed by atoms with Gasteiger partial charge in [-0.05, 0) is 89.2 Å². The maximum atomic E-state index is 15.3. The zero-order valence-electron chi connectivity index (χ0n) is 26.1. The first-order valence-corrected chi connectivity index (χ1v) is 17.3. The number of benzene rings is 2. The third-order valence-electron chi connectivity index (χ3n) is 10.1. The van der Waals surface area contributed by atoms with Crippen molar-refractivity contribution in [2.45, 2.75) is 75.0 Å². The highest BCUT2D eigenvalue weighted by atomic mass is 35.5. The predicted octanol–water partition coefficient (Wildman–Crippen LogP) is 6.63. The van der Waals surface area contributed by atoms with E-state index in [1.807, 2.05) is 18.4 Å². The molecular formula is C34H40ClF2N5O2S2. The number of likely N-dealkylation sites (tertiary alicyclic amines) is 1. The van der Waals surface area contributed by atoms with E-state index in [0.29, 0.717) is 51.6 Å². The summed E-state index contributed by atoms with van der Waals surface area (Å²) in [5, 5.41) is 1.04. The second-order valence-corrected chi connectivity index (χ2v) is 14.6. The van der Waals surface area contributed by atoms with Crippen molar-refractivity contribution >= 4 is 59.5 Å². The summed E-state index contributed by atoms with van der Waals surface area (Å²) in [5.41, 5.74) is 1.04. The Morgan fingerprint density at radius 3 is 2.52 bits per heavy atom. The number of amides is 1. The largest absolute Gasteiger partial charge is 0.350 e. The monoisotopic (exact) mass is 687 g/mol. The van der Waals surface area contributed by atoms with E-state index in [1.165, 1.54) is 31.1 Å². The topological polar surface area (TPSA) is 61.7 Å². The minimum atomic E-state index is -0.703. The highest BCUT2D eigenvalue weighted by Crippen LogP contribution is 2.49. The van der Waals surface area contributed by atoms with Crippen molar-refractivity contribution < 1.29 is 13.6 Å². The van der Waals surface area contributed by atoms with Crippen LogP contribution in [0.5, 0.6) is 0 Å². The first-order chi connectivity index (χ1) is 21.6. The van der Waals surface area contributed by atoms with E-state index >= 15 is 4.39 Å². The molecule has 3 aromatic rings. The Hall–Kier alpha value is -2.60. The molecule has 3 fully saturated rings. The minimum Gasteiger partial charge on any atom is -0.349 e. The van der Waals surface area contributed by atoms with Crippen molar-refractivity contribution in [3.05, 3.63) is 64.1 Å². The number of aromatic nitrogens is 2. The molecule has 246 valence electrons. The lowest BCUT2D eigenvalue weighted by molar-refractivity contribution is -0.128. The zero-order chi connectivity index (χ0) is 31.6. The molecule has 3 atom stereocenters. The number of piperidine rings is 1. The standard InChI is InChI=1S/C34H38ClF2N5O2S.H2S/c1-4-29(43)40-16-20(3)41(17-19(40)2)33-26-15-27(35)30(25-8-5-22(36)14-28(25)37)32-31(26)42(34(44)38-33)24(18-45-32)13-21-9-11-39(12-10-21)23-6-7-23;/h4-5,8,14-15,19-21,23-24H,1,6-7,9-13,16-18H2,2-3H3;1H2/t19-,20+,24+;/m1./s1. The second kappa shape index (κ2) is 13.1. The van der Waals surface area contributed by atoms with E-state index in [4.69, 9.17) is 16.6 Å². The summed E-state index contributed by atoms with van der Waals surface area (Å²) in [6, 6.07) is 5.73. The van der Waals surface area contributed by atoms with Gasteiger partial charge in [-0.1, -0.05) is 18.2 Å². The lowest BCUT2D eigenvalue weighted by Crippen LogP contribution is -2.58. The Labute approximate surface area is 284 Å². The van der Waals surface area contributed by atoms with E-state index in [0.717, 1.165) is 49.8 Å². The summed E-state index contributed by atoms with van der Waals surface area (Å²) in [7, 11) is 0. The van der Waals surface area contributed by atoms with Crippen LogP contribution in [0.1, 0.15) is 52.0 Å². The highest BCUT2D eigenvalue weighted by Gasteiger charge is 2.37. The molecule has 3 aliphatic heterocycles. The molecule has 2 saturated heterocycles. The first kappa shape index (κ1) is 33.3. The summed E-state index contributed by atoms with van der Waals surface area (Å²) < 4.78 is 31.0. The molecule has 0 spiro atoms. The Bertz CT molecular complexity index is 1740. The number of rotatable bonds is 6. The SMILES string of the molecule is C=CC(=O)N1C[C@H](C)N(c2nc(=O)n3c4c(c(-c5ccc(F)cc5F)c(Cl)cc24)SC[C@@H]3CC2CCN(C3CC3)CC2)C[C@H]1C.S.